The van der Waals surface area contributed by atoms with Gasteiger partial charge in [0.1, 0.15) is 23.9 Å². The van der Waals surface area contributed by atoms with Crippen LogP contribution in [-0.2, 0) is 28.5 Å². The first-order valence-corrected chi connectivity index (χ1v) is 19.4. The molecule has 4 aliphatic heterocycles. The topological polar surface area (TPSA) is 143 Å². The summed E-state index contributed by atoms with van der Waals surface area (Å²) >= 11 is 0. The number of hydrogen-bond acceptors (Lipinski definition) is 12. The molecule has 5 heterocycles. The van der Waals surface area contributed by atoms with Crippen LogP contribution in [0.5, 0.6) is 0 Å². The highest BCUT2D eigenvalue weighted by molar-refractivity contribution is 5.73. The Hall–Kier alpha value is -2.26. The molecule has 2 bridgehead atoms. The maximum absolute atomic E-state index is 13.9. The second-order valence-electron chi connectivity index (χ2n) is 16.6. The number of hydrogen-bond donors (Lipinski definition) is 3. The molecule has 1 aromatic heterocycles. The summed E-state index contributed by atoms with van der Waals surface area (Å²) in [5.74, 6) is -2.32. The molecule has 300 valence electrons. The molecule has 4 aliphatic rings. The van der Waals surface area contributed by atoms with E-state index < -0.39 is 65.8 Å². The Labute approximate surface area is 317 Å². The van der Waals surface area contributed by atoms with Crippen LogP contribution < -0.4 is 0 Å². The molecule has 2 unspecified atom stereocenters. The highest BCUT2D eigenvalue weighted by Gasteiger charge is 2.52. The fraction of sp³-hybridized carbons (Fsp3) is 0.756. The number of carbonyl (C=O) groups is 1. The third-order valence-electron chi connectivity index (χ3n) is 11.6. The average molecular weight is 746 g/mol. The smallest absolute Gasteiger partial charge is 0.311 e. The van der Waals surface area contributed by atoms with E-state index in [2.05, 4.69) is 29.5 Å². The highest BCUT2D eigenvalue weighted by Crippen LogP contribution is 2.39. The van der Waals surface area contributed by atoms with E-state index >= 15 is 0 Å². The summed E-state index contributed by atoms with van der Waals surface area (Å²) in [7, 11) is 3.84. The number of carbonyl (C=O) groups excluding carboxylic acids is 1. The first-order valence-electron chi connectivity index (χ1n) is 19.4. The summed E-state index contributed by atoms with van der Waals surface area (Å²) in [6.45, 7) is 20.7. The number of aromatic nitrogens is 1. The molecule has 0 aromatic carbocycles. The summed E-state index contributed by atoms with van der Waals surface area (Å²) < 4.78 is 32.6. The van der Waals surface area contributed by atoms with Crippen molar-refractivity contribution in [3.05, 3.63) is 48.3 Å². The van der Waals surface area contributed by atoms with Crippen molar-refractivity contribution in [2.75, 3.05) is 40.4 Å². The van der Waals surface area contributed by atoms with Crippen LogP contribution in [0.4, 0.5) is 0 Å². The third-order valence-corrected chi connectivity index (χ3v) is 11.6. The van der Waals surface area contributed by atoms with E-state index in [0.717, 1.165) is 5.69 Å². The van der Waals surface area contributed by atoms with Crippen LogP contribution in [0, 0.1) is 17.8 Å². The minimum absolute atomic E-state index is 0.00696. The lowest BCUT2D eigenvalue weighted by Crippen LogP contribution is -2.61. The van der Waals surface area contributed by atoms with Gasteiger partial charge in [-0.15, -0.1) is 0 Å². The molecule has 14 atom stereocenters. The van der Waals surface area contributed by atoms with Gasteiger partial charge < -0.3 is 43.9 Å². The minimum atomic E-state index is -1.62. The Morgan fingerprint density at radius 1 is 1.11 bits per heavy atom. The molecule has 0 radical (unpaired) electrons. The van der Waals surface area contributed by atoms with Gasteiger partial charge in [-0.2, -0.15) is 0 Å². The van der Waals surface area contributed by atoms with E-state index in [0.29, 0.717) is 37.9 Å². The fourth-order valence-electron chi connectivity index (χ4n) is 8.55. The fourth-order valence-corrected chi connectivity index (χ4v) is 8.55. The lowest BCUT2D eigenvalue weighted by atomic mass is 9.77. The number of pyridine rings is 1. The average Bonchev–Trinajstić information content (AvgIpc) is 3.11. The number of ether oxygens (including phenoxy) is 5. The van der Waals surface area contributed by atoms with Crippen molar-refractivity contribution in [2.24, 2.45) is 17.8 Å². The quantitative estimate of drug-likeness (QED) is 0.274. The standard InChI is InChI=1S/C41H67N3O9/c1-12-33-41(9,48)37-30(7)44(19-15-17-31-16-13-14-18-42-31)22-25(2)21-40(8,50-24-26(3)23-49-37)36(28(5)34(45)29(6)38(47)52-33)53-39-35(46)32(43(10)11)20-27(4)51-39/h13-18,25,27-30,32-37,39,45-46,48H,3,12,19-24H2,1-2,4-11H3/b17-15+/t25-,27-,28+,29?,30-,32+,33-,34?,35-,36-,37+,39+,40-,41-/m1/s1. The van der Waals surface area contributed by atoms with Crippen LogP contribution >= 0.6 is 0 Å². The predicted octanol–water partition coefficient (Wildman–Crippen LogP) is 4.07. The van der Waals surface area contributed by atoms with Crippen molar-refractivity contribution < 1.29 is 43.8 Å². The number of aliphatic hydroxyl groups excluding tert-OH is 2. The monoisotopic (exact) mass is 745 g/mol. The number of rotatable bonds is 7. The lowest BCUT2D eigenvalue weighted by Gasteiger charge is -2.48. The maximum Gasteiger partial charge on any atom is 0.311 e. The lowest BCUT2D eigenvalue weighted by molar-refractivity contribution is -0.303. The molecular formula is C41H67N3O9. The van der Waals surface area contributed by atoms with E-state index in [1.807, 2.05) is 77.9 Å². The highest BCUT2D eigenvalue weighted by atomic mass is 16.7. The number of likely N-dealkylation sites (N-methyl/N-ethyl adjacent to an activating group) is 1. The van der Waals surface area contributed by atoms with Gasteiger partial charge in [-0.25, -0.2) is 0 Å². The molecule has 0 aliphatic carbocycles. The molecule has 12 heteroatoms. The zero-order valence-corrected chi connectivity index (χ0v) is 33.7. The van der Waals surface area contributed by atoms with E-state index in [1.165, 1.54) is 0 Å². The largest absolute Gasteiger partial charge is 0.459 e. The van der Waals surface area contributed by atoms with Gasteiger partial charge in [0.25, 0.3) is 0 Å². The second-order valence-corrected chi connectivity index (χ2v) is 16.6. The van der Waals surface area contributed by atoms with Crippen molar-refractivity contribution in [1.82, 2.24) is 14.8 Å². The first kappa shape index (κ1) is 43.5. The molecule has 0 spiro atoms. The van der Waals surface area contributed by atoms with E-state index in [1.54, 1.807) is 20.0 Å². The van der Waals surface area contributed by atoms with Gasteiger partial charge in [0.2, 0.25) is 0 Å². The predicted molar refractivity (Wildman–Crippen MR) is 204 cm³/mol. The summed E-state index contributed by atoms with van der Waals surface area (Å²) in [4.78, 5) is 22.6. The third kappa shape index (κ3) is 10.5. The zero-order valence-electron chi connectivity index (χ0n) is 33.7. The Kier molecular flexibility index (Phi) is 15.2. The van der Waals surface area contributed by atoms with Gasteiger partial charge >= 0.3 is 5.97 Å². The zero-order chi connectivity index (χ0) is 39.2. The molecule has 4 fully saturated rings. The van der Waals surface area contributed by atoms with Gasteiger partial charge in [-0.05, 0) is 97.7 Å². The Morgan fingerprint density at radius 3 is 2.47 bits per heavy atom. The number of fused-ring (bicyclic) bond motifs is 15. The van der Waals surface area contributed by atoms with Crippen LogP contribution in [-0.4, -0.2) is 143 Å². The minimum Gasteiger partial charge on any atom is -0.459 e. The van der Waals surface area contributed by atoms with Gasteiger partial charge in [-0.3, -0.25) is 14.7 Å². The summed E-state index contributed by atoms with van der Waals surface area (Å²) in [5.41, 5.74) is -1.20. The van der Waals surface area contributed by atoms with Gasteiger partial charge in [0.05, 0.1) is 48.7 Å². The molecule has 12 nitrogen and oxygen atoms in total. The molecule has 1 aromatic rings. The second kappa shape index (κ2) is 18.6. The molecule has 0 amide bonds. The molecule has 3 N–H and O–H groups in total. The van der Waals surface area contributed by atoms with Crippen LogP contribution in [0.3, 0.4) is 0 Å². The molecule has 0 saturated carbocycles. The van der Waals surface area contributed by atoms with Gasteiger partial charge in [0.15, 0.2) is 6.29 Å². The van der Waals surface area contributed by atoms with Crippen molar-refractivity contribution >= 4 is 12.0 Å². The van der Waals surface area contributed by atoms with Crippen LogP contribution in [0.2, 0.25) is 0 Å². The number of nitrogens with zero attached hydrogens (tertiary/aromatic N) is 3. The van der Waals surface area contributed by atoms with Crippen LogP contribution in [0.1, 0.15) is 80.3 Å². The van der Waals surface area contributed by atoms with Crippen molar-refractivity contribution in [2.45, 2.75) is 141 Å². The SMILES string of the molecule is C=C1CO[C@H]2[C@@H](C)N(C/C=C/c3ccccn3)C[C@H](C)C[C@@](C)(OC1)[C@H](O[C@@H]1O[C@H](C)C[C@H](N(C)C)[C@H]1O)[C@@H](C)C(O)C(C)C(=O)O[C@H](CC)[C@@]2(C)O. The summed E-state index contributed by atoms with van der Waals surface area (Å²) in [5, 5.41) is 35.9. The first-order chi connectivity index (χ1) is 24.9. The van der Waals surface area contributed by atoms with Crippen molar-refractivity contribution in [3.63, 3.8) is 0 Å². The van der Waals surface area contributed by atoms with Crippen molar-refractivity contribution in [3.8, 4) is 0 Å². The Bertz CT molecular complexity index is 1360. The number of esters is 1. The molecule has 5 rings (SSSR count). The van der Waals surface area contributed by atoms with Crippen LogP contribution in [0.25, 0.3) is 6.08 Å². The number of aliphatic hydroxyl groups is 3. The summed E-state index contributed by atoms with van der Waals surface area (Å²) in [6.07, 6.45) is 1.19. The van der Waals surface area contributed by atoms with Gasteiger partial charge in [0, 0.05) is 37.3 Å². The van der Waals surface area contributed by atoms with E-state index in [9.17, 15) is 20.1 Å². The Balaban J connectivity index is 1.85. The van der Waals surface area contributed by atoms with Crippen molar-refractivity contribution in [1.29, 1.82) is 0 Å². The molecular weight excluding hydrogens is 678 g/mol. The Morgan fingerprint density at radius 2 is 1.83 bits per heavy atom. The maximum atomic E-state index is 13.9. The van der Waals surface area contributed by atoms with Crippen LogP contribution in [0.15, 0.2) is 42.6 Å². The molecule has 4 saturated heterocycles. The molecule has 53 heavy (non-hydrogen) atoms. The summed E-state index contributed by atoms with van der Waals surface area (Å²) in [6, 6.07) is 5.19. The van der Waals surface area contributed by atoms with E-state index in [4.69, 9.17) is 23.7 Å². The normalized spacial score (nSPS) is 41.7. The van der Waals surface area contributed by atoms with E-state index in [-0.39, 0.29) is 37.3 Å². The van der Waals surface area contributed by atoms with Gasteiger partial charge in [-0.1, -0.05) is 39.5 Å².